The summed E-state index contributed by atoms with van der Waals surface area (Å²) in [6.45, 7) is 1.89. The first-order valence-electron chi connectivity index (χ1n) is 9.60. The molecule has 0 atom stereocenters. The van der Waals surface area contributed by atoms with Gasteiger partial charge >= 0.3 is 5.69 Å². The van der Waals surface area contributed by atoms with Crippen molar-refractivity contribution in [2.24, 2.45) is 14.1 Å². The van der Waals surface area contributed by atoms with Gasteiger partial charge in [0, 0.05) is 14.1 Å². The Kier molecular flexibility index (Phi) is 6.12. The van der Waals surface area contributed by atoms with E-state index in [1.54, 1.807) is 14.1 Å². The van der Waals surface area contributed by atoms with Gasteiger partial charge in [0.1, 0.15) is 5.82 Å². The van der Waals surface area contributed by atoms with Crippen LogP contribution in [0.15, 0.2) is 46.1 Å². The standard InChI is InChI=1S/C21H24FN3O4S/c1-4-5-10-30(28,29)19-13-18-17(24(2)21(27)25(18)3)12-16(19)23-20(26)11-14-6-8-15(22)9-7-14/h6-9,12-13H,4-5,10-11H2,1-3H3,(H,23,26). The maximum Gasteiger partial charge on any atom is 0.328 e. The van der Waals surface area contributed by atoms with Crippen molar-refractivity contribution < 1.29 is 17.6 Å². The van der Waals surface area contributed by atoms with Gasteiger partial charge in [0.05, 0.1) is 33.8 Å². The van der Waals surface area contributed by atoms with Crippen LogP contribution in [0.3, 0.4) is 0 Å². The maximum atomic E-state index is 13.1. The van der Waals surface area contributed by atoms with E-state index in [1.807, 2.05) is 6.92 Å². The molecule has 0 aliphatic carbocycles. The molecule has 1 amide bonds. The van der Waals surface area contributed by atoms with Gasteiger partial charge in [-0.15, -0.1) is 0 Å². The van der Waals surface area contributed by atoms with Gasteiger partial charge in [-0.25, -0.2) is 17.6 Å². The largest absolute Gasteiger partial charge is 0.328 e. The first-order chi connectivity index (χ1) is 14.1. The van der Waals surface area contributed by atoms with Crippen molar-refractivity contribution in [3.05, 3.63) is 58.3 Å². The Balaban J connectivity index is 2.05. The van der Waals surface area contributed by atoms with E-state index in [4.69, 9.17) is 0 Å². The van der Waals surface area contributed by atoms with Crippen LogP contribution in [0.4, 0.5) is 10.1 Å². The van der Waals surface area contributed by atoms with Crippen LogP contribution in [0.25, 0.3) is 11.0 Å². The fourth-order valence-electron chi connectivity index (χ4n) is 3.31. The summed E-state index contributed by atoms with van der Waals surface area (Å²) >= 11 is 0. The summed E-state index contributed by atoms with van der Waals surface area (Å²) < 4.78 is 41.7. The summed E-state index contributed by atoms with van der Waals surface area (Å²) in [7, 11) is -0.525. The molecule has 1 aromatic heterocycles. The molecule has 30 heavy (non-hydrogen) atoms. The van der Waals surface area contributed by atoms with Crippen molar-refractivity contribution in [2.45, 2.75) is 31.1 Å². The van der Waals surface area contributed by atoms with E-state index < -0.39 is 21.6 Å². The Morgan fingerprint density at radius 3 is 2.27 bits per heavy atom. The minimum atomic E-state index is -3.68. The zero-order valence-corrected chi connectivity index (χ0v) is 17.9. The van der Waals surface area contributed by atoms with Crippen LogP contribution < -0.4 is 11.0 Å². The predicted octanol–water partition coefficient (Wildman–Crippen LogP) is 2.77. The molecule has 0 fully saturated rings. The lowest BCUT2D eigenvalue weighted by atomic mass is 10.1. The molecule has 0 bridgehead atoms. The fraction of sp³-hybridized carbons (Fsp3) is 0.333. The number of nitrogens with one attached hydrogen (secondary N) is 1. The quantitative estimate of drug-likeness (QED) is 0.620. The van der Waals surface area contributed by atoms with Crippen molar-refractivity contribution in [3.63, 3.8) is 0 Å². The number of carbonyl (C=O) groups is 1. The van der Waals surface area contributed by atoms with Crippen LogP contribution in [-0.2, 0) is 35.1 Å². The lowest BCUT2D eigenvalue weighted by molar-refractivity contribution is -0.115. The monoisotopic (exact) mass is 433 g/mol. The molecule has 0 aliphatic rings. The van der Waals surface area contributed by atoms with Gasteiger partial charge in [0.2, 0.25) is 5.91 Å². The first-order valence-corrected chi connectivity index (χ1v) is 11.3. The second kappa shape index (κ2) is 8.43. The SMILES string of the molecule is CCCCS(=O)(=O)c1cc2c(cc1NC(=O)Cc1ccc(F)cc1)n(C)c(=O)n2C. The Morgan fingerprint density at radius 1 is 1.07 bits per heavy atom. The van der Waals surface area contributed by atoms with Gasteiger partial charge in [-0.05, 0) is 36.2 Å². The normalized spacial score (nSPS) is 11.7. The van der Waals surface area contributed by atoms with Crippen molar-refractivity contribution in [2.75, 3.05) is 11.1 Å². The highest BCUT2D eigenvalue weighted by Gasteiger charge is 2.23. The highest BCUT2D eigenvalue weighted by atomic mass is 32.2. The lowest BCUT2D eigenvalue weighted by Gasteiger charge is -2.13. The number of halogens is 1. The number of amides is 1. The molecule has 0 saturated heterocycles. The third-order valence-electron chi connectivity index (χ3n) is 5.03. The number of carbonyl (C=O) groups excluding carboxylic acids is 1. The van der Waals surface area contributed by atoms with Gasteiger partial charge in [0.25, 0.3) is 0 Å². The summed E-state index contributed by atoms with van der Waals surface area (Å²) in [4.78, 5) is 24.8. The van der Waals surface area contributed by atoms with Crippen LogP contribution in [0.1, 0.15) is 25.3 Å². The van der Waals surface area contributed by atoms with E-state index in [2.05, 4.69) is 5.32 Å². The lowest BCUT2D eigenvalue weighted by Crippen LogP contribution is -2.19. The van der Waals surface area contributed by atoms with E-state index >= 15 is 0 Å². The summed E-state index contributed by atoms with van der Waals surface area (Å²) in [5.41, 5.74) is 1.41. The molecule has 7 nitrogen and oxygen atoms in total. The number of anilines is 1. The molecule has 0 radical (unpaired) electrons. The van der Waals surface area contributed by atoms with Crippen LogP contribution in [0.5, 0.6) is 0 Å². The average Bonchev–Trinajstić information content (AvgIpc) is 2.91. The number of nitrogens with zero attached hydrogens (tertiary/aromatic N) is 2. The first kappa shape index (κ1) is 21.8. The minimum absolute atomic E-state index is 0.0166. The van der Waals surface area contributed by atoms with Crippen molar-refractivity contribution in [1.29, 1.82) is 0 Å². The summed E-state index contributed by atoms with van der Waals surface area (Å²) in [5.74, 6) is -0.899. The number of hydrogen-bond acceptors (Lipinski definition) is 4. The van der Waals surface area contributed by atoms with E-state index in [0.717, 1.165) is 0 Å². The molecular formula is C21H24FN3O4S. The number of benzene rings is 2. The third-order valence-corrected chi connectivity index (χ3v) is 6.86. The molecule has 0 spiro atoms. The second-order valence-electron chi connectivity index (χ2n) is 7.26. The summed E-state index contributed by atoms with van der Waals surface area (Å²) in [5, 5.41) is 2.67. The van der Waals surface area contributed by atoms with E-state index in [1.165, 1.54) is 45.5 Å². The number of unbranched alkanes of at least 4 members (excludes halogenated alkanes) is 1. The third kappa shape index (κ3) is 4.30. The number of imidazole rings is 1. The average molecular weight is 434 g/mol. The van der Waals surface area contributed by atoms with Gasteiger partial charge < -0.3 is 5.32 Å². The molecule has 0 unspecified atom stereocenters. The van der Waals surface area contributed by atoms with Crippen molar-refractivity contribution >= 4 is 32.5 Å². The Hall–Kier alpha value is -2.94. The smallest absolute Gasteiger partial charge is 0.325 e. The number of hydrogen-bond donors (Lipinski definition) is 1. The maximum absolute atomic E-state index is 13.1. The molecule has 3 aromatic rings. The number of aryl methyl sites for hydroxylation is 2. The number of aromatic nitrogens is 2. The van der Waals surface area contributed by atoms with Crippen molar-refractivity contribution in [3.8, 4) is 0 Å². The molecular weight excluding hydrogens is 409 g/mol. The molecule has 2 aromatic carbocycles. The van der Waals surface area contributed by atoms with Crippen LogP contribution in [0, 0.1) is 5.82 Å². The topological polar surface area (TPSA) is 90.2 Å². The van der Waals surface area contributed by atoms with E-state index in [0.29, 0.717) is 29.4 Å². The Bertz CT molecular complexity index is 1260. The zero-order valence-electron chi connectivity index (χ0n) is 17.1. The number of rotatable bonds is 7. The number of sulfone groups is 1. The second-order valence-corrected chi connectivity index (χ2v) is 9.34. The van der Waals surface area contributed by atoms with Gasteiger partial charge in [-0.2, -0.15) is 0 Å². The van der Waals surface area contributed by atoms with Gasteiger partial charge in [-0.1, -0.05) is 25.5 Å². The van der Waals surface area contributed by atoms with E-state index in [9.17, 15) is 22.4 Å². The molecule has 0 aliphatic heterocycles. The Labute approximate surface area is 174 Å². The molecule has 3 rings (SSSR count). The predicted molar refractivity (Wildman–Crippen MR) is 114 cm³/mol. The molecule has 160 valence electrons. The summed E-state index contributed by atoms with van der Waals surface area (Å²) in [6, 6.07) is 8.47. The highest BCUT2D eigenvalue weighted by Crippen LogP contribution is 2.29. The fourth-order valence-corrected chi connectivity index (χ4v) is 4.93. The van der Waals surface area contributed by atoms with Crippen molar-refractivity contribution in [1.82, 2.24) is 9.13 Å². The van der Waals surface area contributed by atoms with Crippen LogP contribution in [-0.4, -0.2) is 29.2 Å². The van der Waals surface area contributed by atoms with E-state index in [-0.39, 0.29) is 28.4 Å². The zero-order chi connectivity index (χ0) is 22.1. The van der Waals surface area contributed by atoms with Gasteiger partial charge in [-0.3, -0.25) is 13.9 Å². The summed E-state index contributed by atoms with van der Waals surface area (Å²) in [6.07, 6.45) is 1.15. The molecule has 1 heterocycles. The molecule has 1 N–H and O–H groups in total. The number of fused-ring (bicyclic) bond motifs is 1. The highest BCUT2D eigenvalue weighted by molar-refractivity contribution is 7.91. The Morgan fingerprint density at radius 2 is 1.67 bits per heavy atom. The van der Waals surface area contributed by atoms with Crippen LogP contribution >= 0.6 is 0 Å². The molecule has 0 saturated carbocycles. The minimum Gasteiger partial charge on any atom is -0.325 e. The molecule has 9 heteroatoms. The van der Waals surface area contributed by atoms with Gasteiger partial charge in [0.15, 0.2) is 9.84 Å². The van der Waals surface area contributed by atoms with Crippen LogP contribution in [0.2, 0.25) is 0 Å².